The second-order valence-electron chi connectivity index (χ2n) is 6.68. The quantitative estimate of drug-likeness (QED) is 0.407. The number of nitrogens with zero attached hydrogens (tertiary/aromatic N) is 2. The molecular weight excluding hydrogens is 378 g/mol. The van der Waals surface area contributed by atoms with Gasteiger partial charge in [-0.1, -0.05) is 36.4 Å². The molecule has 0 aliphatic rings. The number of amides is 1. The van der Waals surface area contributed by atoms with Crippen LogP contribution in [0.15, 0.2) is 96.6 Å². The van der Waals surface area contributed by atoms with Gasteiger partial charge in [-0.2, -0.15) is 0 Å². The van der Waals surface area contributed by atoms with Gasteiger partial charge in [0.05, 0.1) is 5.69 Å². The van der Waals surface area contributed by atoms with Gasteiger partial charge in [-0.25, -0.2) is 4.98 Å². The number of imidazole rings is 1. The average molecular weight is 395 g/mol. The molecule has 1 N–H and O–H groups in total. The van der Waals surface area contributed by atoms with Gasteiger partial charge in [0.15, 0.2) is 0 Å². The third kappa shape index (κ3) is 3.56. The summed E-state index contributed by atoms with van der Waals surface area (Å²) in [5, 5.41) is 5.00. The van der Waals surface area contributed by atoms with Crippen LogP contribution in [-0.4, -0.2) is 15.3 Å². The maximum absolute atomic E-state index is 12.6. The van der Waals surface area contributed by atoms with Gasteiger partial charge in [0.2, 0.25) is 0 Å². The number of hydrogen-bond acceptors (Lipinski definition) is 3. The van der Waals surface area contributed by atoms with Crippen LogP contribution in [0, 0.1) is 0 Å². The van der Waals surface area contributed by atoms with Crippen molar-refractivity contribution in [3.63, 3.8) is 0 Å². The molecule has 0 fully saturated rings. The van der Waals surface area contributed by atoms with Crippen LogP contribution in [0.1, 0.15) is 10.4 Å². The van der Waals surface area contributed by atoms with Gasteiger partial charge in [-0.3, -0.25) is 4.79 Å². The van der Waals surface area contributed by atoms with Crippen molar-refractivity contribution in [2.75, 3.05) is 5.32 Å². The number of carbonyl (C=O) groups is 1. The lowest BCUT2D eigenvalue weighted by atomic mass is 10.1. The molecule has 140 valence electrons. The van der Waals surface area contributed by atoms with Gasteiger partial charge < -0.3 is 9.72 Å². The van der Waals surface area contributed by atoms with Crippen LogP contribution >= 0.6 is 11.3 Å². The Kier molecular flexibility index (Phi) is 4.42. The van der Waals surface area contributed by atoms with Crippen molar-refractivity contribution in [1.82, 2.24) is 9.38 Å². The lowest BCUT2D eigenvalue weighted by molar-refractivity contribution is 0.102. The topological polar surface area (TPSA) is 46.4 Å². The van der Waals surface area contributed by atoms with Crippen LogP contribution in [0.5, 0.6) is 0 Å². The highest BCUT2D eigenvalue weighted by atomic mass is 32.1. The highest BCUT2D eigenvalue weighted by Gasteiger charge is 2.08. The summed E-state index contributed by atoms with van der Waals surface area (Å²) in [5.74, 6) is -0.122. The summed E-state index contributed by atoms with van der Waals surface area (Å²) in [7, 11) is 0. The van der Waals surface area contributed by atoms with Crippen LogP contribution in [0.4, 0.5) is 5.69 Å². The predicted octanol–water partition coefficient (Wildman–Crippen LogP) is 5.98. The first-order valence-corrected chi connectivity index (χ1v) is 10.1. The van der Waals surface area contributed by atoms with Crippen LogP contribution < -0.4 is 5.32 Å². The molecule has 1 amide bonds. The summed E-state index contributed by atoms with van der Waals surface area (Å²) < 4.78 is 1.99. The molecule has 5 aromatic rings. The lowest BCUT2D eigenvalue weighted by Gasteiger charge is -2.07. The summed E-state index contributed by atoms with van der Waals surface area (Å²) >= 11 is 1.69. The van der Waals surface area contributed by atoms with E-state index >= 15 is 0 Å². The van der Waals surface area contributed by atoms with Gasteiger partial charge in [0.25, 0.3) is 5.91 Å². The Bertz CT molecular complexity index is 1240. The minimum Gasteiger partial charge on any atom is -0.322 e. The van der Waals surface area contributed by atoms with Crippen molar-refractivity contribution < 1.29 is 4.79 Å². The molecule has 0 atom stereocenters. The fourth-order valence-electron chi connectivity index (χ4n) is 3.23. The third-order valence-corrected chi connectivity index (χ3v) is 5.67. The maximum atomic E-state index is 12.6. The van der Waals surface area contributed by atoms with Crippen molar-refractivity contribution in [2.24, 2.45) is 0 Å². The molecule has 0 saturated heterocycles. The zero-order valence-electron chi connectivity index (χ0n) is 15.4. The monoisotopic (exact) mass is 395 g/mol. The molecule has 4 nitrogen and oxygen atoms in total. The smallest absolute Gasteiger partial charge is 0.255 e. The highest BCUT2D eigenvalue weighted by molar-refractivity contribution is 7.13. The van der Waals surface area contributed by atoms with E-state index in [0.717, 1.165) is 28.2 Å². The molecule has 0 radical (unpaired) electrons. The Morgan fingerprint density at radius 1 is 0.862 bits per heavy atom. The molecule has 0 aliphatic carbocycles. The van der Waals surface area contributed by atoms with Crippen molar-refractivity contribution in [3.8, 4) is 21.7 Å². The Labute approximate surface area is 172 Å². The van der Waals surface area contributed by atoms with E-state index in [0.29, 0.717) is 5.56 Å². The fraction of sp³-hybridized carbons (Fsp3) is 0. The van der Waals surface area contributed by atoms with E-state index in [4.69, 9.17) is 0 Å². The number of nitrogens with one attached hydrogen (secondary N) is 1. The lowest BCUT2D eigenvalue weighted by Crippen LogP contribution is -2.11. The average Bonchev–Trinajstić information content (AvgIpc) is 3.44. The van der Waals surface area contributed by atoms with Crippen LogP contribution in [0.2, 0.25) is 0 Å². The van der Waals surface area contributed by atoms with E-state index in [1.165, 1.54) is 4.88 Å². The number of fused-ring (bicyclic) bond motifs is 1. The molecular formula is C24H17N3OS. The first-order chi connectivity index (χ1) is 14.3. The number of pyridine rings is 1. The van der Waals surface area contributed by atoms with Crippen LogP contribution in [-0.2, 0) is 0 Å². The van der Waals surface area contributed by atoms with Crippen molar-refractivity contribution >= 4 is 28.6 Å². The van der Waals surface area contributed by atoms with E-state index in [2.05, 4.69) is 16.4 Å². The minimum absolute atomic E-state index is 0.122. The van der Waals surface area contributed by atoms with Gasteiger partial charge >= 0.3 is 0 Å². The standard InChI is InChI=1S/C24H17N3OS/c28-24(19-8-6-18(7-9-19)22-4-3-15-29-22)25-20-12-10-17(11-13-20)21-16-27-14-2-1-5-23(27)26-21/h1-16H,(H,25,28). The van der Waals surface area contributed by atoms with E-state index in [9.17, 15) is 4.79 Å². The summed E-state index contributed by atoms with van der Waals surface area (Å²) in [6, 6.07) is 25.4. The Morgan fingerprint density at radius 2 is 1.66 bits per heavy atom. The first kappa shape index (κ1) is 17.4. The van der Waals surface area contributed by atoms with Crippen LogP contribution in [0.3, 0.4) is 0 Å². The molecule has 2 aromatic carbocycles. The first-order valence-electron chi connectivity index (χ1n) is 9.26. The molecule has 3 heterocycles. The minimum atomic E-state index is -0.122. The summed E-state index contributed by atoms with van der Waals surface area (Å²) in [6.45, 7) is 0. The van der Waals surface area contributed by atoms with Crippen molar-refractivity contribution in [1.29, 1.82) is 0 Å². The van der Waals surface area contributed by atoms with E-state index < -0.39 is 0 Å². The van der Waals surface area contributed by atoms with Gasteiger partial charge in [-0.05, 0) is 53.4 Å². The van der Waals surface area contributed by atoms with Gasteiger partial charge in [-0.15, -0.1) is 11.3 Å². The summed E-state index contributed by atoms with van der Waals surface area (Å²) in [4.78, 5) is 18.4. The normalized spacial score (nSPS) is 10.9. The number of thiophene rings is 1. The van der Waals surface area contributed by atoms with Crippen molar-refractivity contribution in [2.45, 2.75) is 0 Å². The molecule has 0 spiro atoms. The SMILES string of the molecule is O=C(Nc1ccc(-c2cn3ccccc3n2)cc1)c1ccc(-c2cccs2)cc1. The number of anilines is 1. The number of benzene rings is 2. The predicted molar refractivity (Wildman–Crippen MR) is 118 cm³/mol. The van der Waals surface area contributed by atoms with Crippen molar-refractivity contribution in [3.05, 3.63) is 102 Å². The Hall–Kier alpha value is -3.70. The van der Waals surface area contributed by atoms with E-state index in [-0.39, 0.29) is 5.91 Å². The zero-order valence-corrected chi connectivity index (χ0v) is 16.3. The molecule has 5 rings (SSSR count). The molecule has 29 heavy (non-hydrogen) atoms. The third-order valence-electron chi connectivity index (χ3n) is 4.76. The highest BCUT2D eigenvalue weighted by Crippen LogP contribution is 2.25. The Morgan fingerprint density at radius 3 is 2.38 bits per heavy atom. The molecule has 0 bridgehead atoms. The van der Waals surface area contributed by atoms with E-state index in [1.807, 2.05) is 95.0 Å². The summed E-state index contributed by atoms with van der Waals surface area (Å²) in [6.07, 6.45) is 3.97. The Balaban J connectivity index is 1.31. The molecule has 0 aliphatic heterocycles. The number of aromatic nitrogens is 2. The largest absolute Gasteiger partial charge is 0.322 e. The number of rotatable bonds is 4. The van der Waals surface area contributed by atoms with Gasteiger partial charge in [0, 0.05) is 34.1 Å². The second kappa shape index (κ2) is 7.37. The summed E-state index contributed by atoms with van der Waals surface area (Å²) in [5.41, 5.74) is 5.32. The molecule has 5 heteroatoms. The molecule has 0 saturated carbocycles. The van der Waals surface area contributed by atoms with E-state index in [1.54, 1.807) is 11.3 Å². The maximum Gasteiger partial charge on any atom is 0.255 e. The molecule has 3 aromatic heterocycles. The second-order valence-corrected chi connectivity index (χ2v) is 7.63. The van der Waals surface area contributed by atoms with Crippen LogP contribution in [0.25, 0.3) is 27.3 Å². The molecule has 0 unspecified atom stereocenters. The number of hydrogen-bond donors (Lipinski definition) is 1. The zero-order chi connectivity index (χ0) is 19.6. The number of carbonyl (C=O) groups excluding carboxylic acids is 1. The fourth-order valence-corrected chi connectivity index (χ4v) is 3.96. The van der Waals surface area contributed by atoms with Gasteiger partial charge in [0.1, 0.15) is 5.65 Å².